The number of para-hydroxylation sites is 1. The van der Waals surface area contributed by atoms with Crippen LogP contribution in [-0.4, -0.2) is 28.1 Å². The lowest BCUT2D eigenvalue weighted by atomic mass is 10.2. The number of benzene rings is 1. The second-order valence-electron chi connectivity index (χ2n) is 2.86. The SMILES string of the molecule is O=C([O-])COc1ccccc1-c1nnn[n-]1. The van der Waals surface area contributed by atoms with Gasteiger partial charge in [-0.1, -0.05) is 18.2 Å². The topological polar surface area (TPSA) is 102 Å². The summed E-state index contributed by atoms with van der Waals surface area (Å²) in [6.07, 6.45) is 0. The maximum Gasteiger partial charge on any atom is 0.128 e. The zero-order chi connectivity index (χ0) is 11.4. The van der Waals surface area contributed by atoms with Crippen molar-refractivity contribution in [3.05, 3.63) is 24.3 Å². The molecule has 2 rings (SSSR count). The van der Waals surface area contributed by atoms with Gasteiger partial charge in [-0.3, -0.25) is 10.3 Å². The third kappa shape index (κ3) is 2.14. The molecule has 0 spiro atoms. The standard InChI is InChI=1S/C9H8N4O3/c14-8(15)5-16-7-4-2-1-3-6(7)9-10-12-13-11-9/h1-4H,5H2,(H2,10,11,12,13,14,15)/p-2. The molecule has 0 radical (unpaired) electrons. The summed E-state index contributed by atoms with van der Waals surface area (Å²) in [5.41, 5.74) is 0.536. The highest BCUT2D eigenvalue weighted by molar-refractivity contribution is 5.68. The molecule has 1 aromatic heterocycles. The van der Waals surface area contributed by atoms with Crippen LogP contribution in [0, 0.1) is 0 Å². The molecule has 0 unspecified atom stereocenters. The molecule has 0 aliphatic heterocycles. The first-order valence-electron chi connectivity index (χ1n) is 4.38. The number of aliphatic carboxylic acids is 1. The Hall–Kier alpha value is -2.44. The van der Waals surface area contributed by atoms with Crippen LogP contribution in [-0.2, 0) is 4.79 Å². The average Bonchev–Trinajstić information content (AvgIpc) is 2.80. The summed E-state index contributed by atoms with van der Waals surface area (Å²) in [5.74, 6) is -0.662. The van der Waals surface area contributed by atoms with Crippen molar-refractivity contribution in [2.45, 2.75) is 0 Å². The summed E-state index contributed by atoms with van der Waals surface area (Å²) < 4.78 is 5.02. The lowest BCUT2D eigenvalue weighted by Gasteiger charge is -2.11. The second kappa shape index (κ2) is 4.39. The van der Waals surface area contributed by atoms with Gasteiger partial charge in [0.15, 0.2) is 0 Å². The van der Waals surface area contributed by atoms with E-state index in [2.05, 4.69) is 20.6 Å². The van der Waals surface area contributed by atoms with Crippen molar-refractivity contribution < 1.29 is 14.6 Å². The predicted octanol–water partition coefficient (Wildman–Crippen LogP) is -1.38. The molecular weight excluding hydrogens is 212 g/mol. The number of hydrogen-bond acceptors (Lipinski definition) is 6. The molecule has 0 aliphatic carbocycles. The lowest BCUT2D eigenvalue weighted by molar-refractivity contribution is -0.307. The largest absolute Gasteiger partial charge is 0.546 e. The van der Waals surface area contributed by atoms with Gasteiger partial charge in [0.05, 0.1) is 5.97 Å². The minimum atomic E-state index is -1.30. The molecule has 16 heavy (non-hydrogen) atoms. The summed E-state index contributed by atoms with van der Waals surface area (Å²) in [7, 11) is 0. The van der Waals surface area contributed by atoms with Crippen LogP contribution in [0.25, 0.3) is 11.4 Å². The summed E-state index contributed by atoms with van der Waals surface area (Å²) in [5, 5.41) is 24.3. The molecule has 0 saturated heterocycles. The Morgan fingerprint density at radius 1 is 1.44 bits per heavy atom. The molecule has 7 nitrogen and oxygen atoms in total. The maximum absolute atomic E-state index is 10.3. The van der Waals surface area contributed by atoms with Gasteiger partial charge in [-0.05, 0) is 6.07 Å². The summed E-state index contributed by atoms with van der Waals surface area (Å²) >= 11 is 0. The fourth-order valence-electron chi connectivity index (χ4n) is 1.17. The molecular formula is C9H6N4O3-2. The van der Waals surface area contributed by atoms with Crippen LogP contribution in [0.1, 0.15) is 0 Å². The first-order chi connectivity index (χ1) is 7.77. The Kier molecular flexibility index (Phi) is 2.77. The van der Waals surface area contributed by atoms with E-state index in [0.29, 0.717) is 11.3 Å². The van der Waals surface area contributed by atoms with E-state index < -0.39 is 12.6 Å². The van der Waals surface area contributed by atoms with Crippen LogP contribution in [0.4, 0.5) is 0 Å². The van der Waals surface area contributed by atoms with E-state index in [1.807, 2.05) is 0 Å². The van der Waals surface area contributed by atoms with Gasteiger partial charge in [0.25, 0.3) is 0 Å². The van der Waals surface area contributed by atoms with E-state index in [9.17, 15) is 9.90 Å². The third-order valence-electron chi connectivity index (χ3n) is 1.79. The molecule has 1 aromatic carbocycles. The molecule has 1 heterocycles. The van der Waals surface area contributed by atoms with Crippen LogP contribution < -0.4 is 14.9 Å². The molecule has 0 aliphatic rings. The number of rotatable bonds is 4. The minimum Gasteiger partial charge on any atom is -0.546 e. The number of carboxylic acids is 1. The normalized spacial score (nSPS) is 10.0. The quantitative estimate of drug-likeness (QED) is 0.623. The Bertz CT molecular complexity index is 483. The second-order valence-corrected chi connectivity index (χ2v) is 2.86. The van der Waals surface area contributed by atoms with Crippen molar-refractivity contribution in [3.63, 3.8) is 0 Å². The Balaban J connectivity index is 2.27. The molecule has 7 heteroatoms. The average molecular weight is 218 g/mol. The molecule has 0 fully saturated rings. The van der Waals surface area contributed by atoms with Gasteiger partial charge in [0.2, 0.25) is 0 Å². The van der Waals surface area contributed by atoms with E-state index >= 15 is 0 Å². The number of hydrogen-bond donors (Lipinski definition) is 0. The fraction of sp³-hybridized carbons (Fsp3) is 0.111. The van der Waals surface area contributed by atoms with Crippen molar-refractivity contribution >= 4 is 5.97 Å². The number of nitrogens with zero attached hydrogens (tertiary/aromatic N) is 4. The number of tetrazole rings is 1. The highest BCUT2D eigenvalue weighted by Crippen LogP contribution is 2.25. The van der Waals surface area contributed by atoms with Gasteiger partial charge in [0.1, 0.15) is 12.4 Å². The minimum absolute atomic E-state index is 0.286. The van der Waals surface area contributed by atoms with E-state index in [1.54, 1.807) is 24.3 Å². The summed E-state index contributed by atoms with van der Waals surface area (Å²) in [4.78, 5) is 10.3. The Morgan fingerprint density at radius 2 is 2.25 bits per heavy atom. The van der Waals surface area contributed by atoms with E-state index in [1.165, 1.54) is 0 Å². The highest BCUT2D eigenvalue weighted by atomic mass is 16.5. The van der Waals surface area contributed by atoms with Crippen molar-refractivity contribution in [1.29, 1.82) is 0 Å². The monoisotopic (exact) mass is 218 g/mol. The molecule has 0 saturated carbocycles. The summed E-state index contributed by atoms with van der Waals surface area (Å²) in [6, 6.07) is 6.74. The lowest BCUT2D eigenvalue weighted by Crippen LogP contribution is -2.29. The molecule has 0 bridgehead atoms. The number of ether oxygens (including phenoxy) is 1. The van der Waals surface area contributed by atoms with Gasteiger partial charge < -0.3 is 19.7 Å². The van der Waals surface area contributed by atoms with E-state index in [0.717, 1.165) is 0 Å². The van der Waals surface area contributed by atoms with Gasteiger partial charge in [-0.15, -0.1) is 0 Å². The van der Waals surface area contributed by atoms with E-state index in [4.69, 9.17) is 4.74 Å². The maximum atomic E-state index is 10.3. The smallest absolute Gasteiger partial charge is 0.128 e. The van der Waals surface area contributed by atoms with Gasteiger partial charge in [-0.2, -0.15) is 5.21 Å². The molecule has 0 N–H and O–H groups in total. The zero-order valence-corrected chi connectivity index (χ0v) is 8.03. The number of carbonyl (C=O) groups is 1. The molecule has 0 atom stereocenters. The third-order valence-corrected chi connectivity index (χ3v) is 1.79. The van der Waals surface area contributed by atoms with Gasteiger partial charge >= 0.3 is 0 Å². The van der Waals surface area contributed by atoms with Crippen LogP contribution in [0.15, 0.2) is 24.3 Å². The van der Waals surface area contributed by atoms with Crippen molar-refractivity contribution in [3.8, 4) is 17.1 Å². The van der Waals surface area contributed by atoms with Gasteiger partial charge in [0, 0.05) is 11.4 Å². The van der Waals surface area contributed by atoms with Crippen molar-refractivity contribution in [2.24, 2.45) is 0 Å². The predicted molar refractivity (Wildman–Crippen MR) is 49.1 cm³/mol. The molecule has 2 aromatic rings. The van der Waals surface area contributed by atoms with Gasteiger partial charge in [-0.25, -0.2) is 0 Å². The van der Waals surface area contributed by atoms with Crippen LogP contribution >= 0.6 is 0 Å². The number of aromatic nitrogens is 4. The fourth-order valence-corrected chi connectivity index (χ4v) is 1.17. The van der Waals surface area contributed by atoms with Crippen LogP contribution in [0.2, 0.25) is 0 Å². The van der Waals surface area contributed by atoms with Crippen molar-refractivity contribution in [1.82, 2.24) is 20.6 Å². The van der Waals surface area contributed by atoms with E-state index in [-0.39, 0.29) is 5.82 Å². The van der Waals surface area contributed by atoms with Crippen molar-refractivity contribution in [2.75, 3.05) is 6.61 Å². The summed E-state index contributed by atoms with van der Waals surface area (Å²) in [6.45, 7) is -0.529. The number of carboxylic acid groups (broad SMARTS) is 1. The highest BCUT2D eigenvalue weighted by Gasteiger charge is 2.04. The van der Waals surface area contributed by atoms with Crippen LogP contribution in [0.5, 0.6) is 5.75 Å². The Labute approximate surface area is 90.1 Å². The first kappa shape index (κ1) is 10.1. The molecule has 0 amide bonds. The Morgan fingerprint density at radius 3 is 2.94 bits per heavy atom. The number of carbonyl (C=O) groups excluding carboxylic acids is 1. The first-order valence-corrected chi connectivity index (χ1v) is 4.38. The zero-order valence-electron chi connectivity index (χ0n) is 8.03. The molecule has 82 valence electrons. The van der Waals surface area contributed by atoms with Crippen LogP contribution in [0.3, 0.4) is 0 Å².